The van der Waals surface area contributed by atoms with Crippen molar-refractivity contribution in [3.8, 4) is 0 Å². The monoisotopic (exact) mass is 227 g/mol. The summed E-state index contributed by atoms with van der Waals surface area (Å²) in [6, 6.07) is 2.18. The highest BCUT2D eigenvalue weighted by atomic mass is 32.1. The van der Waals surface area contributed by atoms with Gasteiger partial charge >= 0.3 is 0 Å². The fraction of sp³-hybridized carbons (Fsp3) is 0.636. The fourth-order valence-corrected chi connectivity index (χ4v) is 2.52. The molecule has 0 aromatic carbocycles. The van der Waals surface area contributed by atoms with E-state index in [1.165, 1.54) is 5.56 Å². The molecule has 1 saturated heterocycles. The lowest BCUT2D eigenvalue weighted by molar-refractivity contribution is -0.0523. The highest BCUT2D eigenvalue weighted by Crippen LogP contribution is 2.09. The molecule has 0 radical (unpaired) electrons. The molecule has 0 saturated carbocycles. The van der Waals surface area contributed by atoms with Gasteiger partial charge in [0.05, 0.1) is 19.3 Å². The van der Waals surface area contributed by atoms with E-state index >= 15 is 0 Å². The summed E-state index contributed by atoms with van der Waals surface area (Å²) in [6.07, 6.45) is 1.11. The summed E-state index contributed by atoms with van der Waals surface area (Å²) in [6.45, 7) is 3.79. The van der Waals surface area contributed by atoms with Gasteiger partial charge in [-0.05, 0) is 28.8 Å². The molecule has 0 spiro atoms. The van der Waals surface area contributed by atoms with Crippen LogP contribution in [-0.4, -0.2) is 49.0 Å². The summed E-state index contributed by atoms with van der Waals surface area (Å²) in [4.78, 5) is 2.36. The lowest BCUT2D eigenvalue weighted by Crippen LogP contribution is -2.44. The van der Waals surface area contributed by atoms with Gasteiger partial charge in [0.25, 0.3) is 0 Å². The first kappa shape index (κ1) is 11.1. The normalized spacial score (nSPS) is 23.1. The number of hydrogen-bond donors (Lipinski definition) is 1. The van der Waals surface area contributed by atoms with Crippen molar-refractivity contribution < 1.29 is 9.84 Å². The largest absolute Gasteiger partial charge is 0.394 e. The van der Waals surface area contributed by atoms with Crippen LogP contribution in [0.3, 0.4) is 0 Å². The second-order valence-corrected chi connectivity index (χ2v) is 4.64. The lowest BCUT2D eigenvalue weighted by Gasteiger charge is -2.31. The molecule has 1 fully saturated rings. The van der Waals surface area contributed by atoms with Crippen LogP contribution < -0.4 is 0 Å². The smallest absolute Gasteiger partial charge is 0.0932 e. The SMILES string of the molecule is OCC1CN(CCc2ccsc2)CCO1. The summed E-state index contributed by atoms with van der Waals surface area (Å²) in [5, 5.41) is 13.3. The van der Waals surface area contributed by atoms with Crippen LogP contribution in [0.4, 0.5) is 0 Å². The van der Waals surface area contributed by atoms with E-state index in [4.69, 9.17) is 9.84 Å². The van der Waals surface area contributed by atoms with Crippen LogP contribution in [0.25, 0.3) is 0 Å². The Bertz CT molecular complexity index is 276. The third-order valence-corrected chi connectivity index (χ3v) is 3.46. The standard InChI is InChI=1S/C11H17NO2S/c13-8-11-7-12(4-5-14-11)3-1-10-2-6-15-9-10/h2,6,9,11,13H,1,3-5,7-8H2. The van der Waals surface area contributed by atoms with Crippen molar-refractivity contribution in [3.63, 3.8) is 0 Å². The fourth-order valence-electron chi connectivity index (χ4n) is 1.82. The van der Waals surface area contributed by atoms with Gasteiger partial charge in [0.2, 0.25) is 0 Å². The maximum atomic E-state index is 9.01. The molecule has 1 aromatic rings. The number of thiophene rings is 1. The van der Waals surface area contributed by atoms with E-state index in [1.807, 2.05) is 0 Å². The Kier molecular flexibility index (Phi) is 4.14. The van der Waals surface area contributed by atoms with Crippen molar-refractivity contribution >= 4 is 11.3 Å². The molecular formula is C11H17NO2S. The van der Waals surface area contributed by atoms with Gasteiger partial charge in [-0.3, -0.25) is 4.90 Å². The molecule has 0 amide bonds. The highest BCUT2D eigenvalue weighted by molar-refractivity contribution is 7.07. The molecule has 1 aromatic heterocycles. The van der Waals surface area contributed by atoms with Crippen molar-refractivity contribution in [2.45, 2.75) is 12.5 Å². The zero-order chi connectivity index (χ0) is 10.5. The van der Waals surface area contributed by atoms with E-state index in [2.05, 4.69) is 21.7 Å². The minimum absolute atomic E-state index is 0.0150. The van der Waals surface area contributed by atoms with Crippen molar-refractivity contribution in [3.05, 3.63) is 22.4 Å². The van der Waals surface area contributed by atoms with Gasteiger partial charge in [-0.2, -0.15) is 11.3 Å². The first-order chi connectivity index (χ1) is 7.38. The average Bonchev–Trinajstić information content (AvgIpc) is 2.79. The van der Waals surface area contributed by atoms with Crippen molar-refractivity contribution in [1.82, 2.24) is 4.90 Å². The molecule has 84 valence electrons. The van der Waals surface area contributed by atoms with E-state index in [9.17, 15) is 0 Å². The second-order valence-electron chi connectivity index (χ2n) is 3.86. The summed E-state index contributed by atoms with van der Waals surface area (Å²) in [5.41, 5.74) is 1.41. The van der Waals surface area contributed by atoms with E-state index in [0.717, 1.165) is 32.7 Å². The van der Waals surface area contributed by atoms with E-state index in [1.54, 1.807) is 11.3 Å². The van der Waals surface area contributed by atoms with Crippen molar-refractivity contribution in [2.75, 3.05) is 32.8 Å². The van der Waals surface area contributed by atoms with Gasteiger partial charge in [0.15, 0.2) is 0 Å². The Morgan fingerprint density at radius 1 is 1.60 bits per heavy atom. The van der Waals surface area contributed by atoms with Crippen LogP contribution >= 0.6 is 11.3 Å². The number of nitrogens with zero attached hydrogens (tertiary/aromatic N) is 1. The summed E-state index contributed by atoms with van der Waals surface area (Å²) in [7, 11) is 0. The van der Waals surface area contributed by atoms with Crippen LogP contribution in [0.2, 0.25) is 0 Å². The van der Waals surface area contributed by atoms with E-state index in [-0.39, 0.29) is 12.7 Å². The van der Waals surface area contributed by atoms with Crippen LogP contribution in [0.1, 0.15) is 5.56 Å². The molecule has 1 unspecified atom stereocenters. The summed E-state index contributed by atoms with van der Waals surface area (Å²) >= 11 is 1.75. The third-order valence-electron chi connectivity index (χ3n) is 2.72. The maximum absolute atomic E-state index is 9.01. The Morgan fingerprint density at radius 2 is 2.53 bits per heavy atom. The molecule has 3 nitrogen and oxygen atoms in total. The van der Waals surface area contributed by atoms with Gasteiger partial charge in [-0.25, -0.2) is 0 Å². The Balaban J connectivity index is 1.74. The van der Waals surface area contributed by atoms with Crippen LogP contribution in [0.15, 0.2) is 16.8 Å². The highest BCUT2D eigenvalue weighted by Gasteiger charge is 2.18. The van der Waals surface area contributed by atoms with Gasteiger partial charge in [0.1, 0.15) is 0 Å². The number of aliphatic hydroxyl groups is 1. The number of aliphatic hydroxyl groups excluding tert-OH is 1. The molecule has 2 rings (SSSR count). The lowest BCUT2D eigenvalue weighted by atomic mass is 10.2. The van der Waals surface area contributed by atoms with Gasteiger partial charge in [-0.15, -0.1) is 0 Å². The molecule has 0 aliphatic carbocycles. The third kappa shape index (κ3) is 3.28. The Labute approximate surface area is 94.3 Å². The van der Waals surface area contributed by atoms with Gasteiger partial charge in [0, 0.05) is 19.6 Å². The maximum Gasteiger partial charge on any atom is 0.0932 e. The minimum Gasteiger partial charge on any atom is -0.394 e. The van der Waals surface area contributed by atoms with Crippen LogP contribution in [0.5, 0.6) is 0 Å². The molecular weight excluding hydrogens is 210 g/mol. The number of hydrogen-bond acceptors (Lipinski definition) is 4. The second kappa shape index (κ2) is 5.61. The minimum atomic E-state index is 0.0150. The summed E-state index contributed by atoms with van der Waals surface area (Å²) in [5.74, 6) is 0. The average molecular weight is 227 g/mol. The zero-order valence-corrected chi connectivity index (χ0v) is 9.58. The first-order valence-electron chi connectivity index (χ1n) is 5.34. The first-order valence-corrected chi connectivity index (χ1v) is 6.28. The number of ether oxygens (including phenoxy) is 1. The van der Waals surface area contributed by atoms with Crippen molar-refractivity contribution in [2.24, 2.45) is 0 Å². The Hall–Kier alpha value is -0.420. The zero-order valence-electron chi connectivity index (χ0n) is 8.76. The van der Waals surface area contributed by atoms with E-state index in [0.29, 0.717) is 0 Å². The molecule has 1 aliphatic heterocycles. The molecule has 0 bridgehead atoms. The number of rotatable bonds is 4. The number of morpholine rings is 1. The molecule has 1 N–H and O–H groups in total. The predicted octanol–water partition coefficient (Wildman–Crippen LogP) is 0.984. The van der Waals surface area contributed by atoms with Gasteiger partial charge < -0.3 is 9.84 Å². The Morgan fingerprint density at radius 3 is 3.27 bits per heavy atom. The van der Waals surface area contributed by atoms with Gasteiger partial charge in [-0.1, -0.05) is 0 Å². The molecule has 2 heterocycles. The van der Waals surface area contributed by atoms with Crippen molar-refractivity contribution in [1.29, 1.82) is 0 Å². The predicted molar refractivity (Wildman–Crippen MR) is 61.3 cm³/mol. The topological polar surface area (TPSA) is 32.7 Å². The quantitative estimate of drug-likeness (QED) is 0.832. The van der Waals surface area contributed by atoms with Crippen LogP contribution in [0, 0.1) is 0 Å². The molecule has 4 heteroatoms. The van der Waals surface area contributed by atoms with Crippen LogP contribution in [-0.2, 0) is 11.2 Å². The summed E-state index contributed by atoms with van der Waals surface area (Å²) < 4.78 is 5.40. The van der Waals surface area contributed by atoms with E-state index < -0.39 is 0 Å². The molecule has 15 heavy (non-hydrogen) atoms. The molecule has 1 atom stereocenters. The molecule has 1 aliphatic rings.